The Bertz CT molecular complexity index is 1020. The molecule has 5 heteroatoms. The van der Waals surface area contributed by atoms with Crippen LogP contribution in [0.15, 0.2) is 59.2 Å². The molecule has 3 aromatic rings. The first-order chi connectivity index (χ1) is 13.0. The van der Waals surface area contributed by atoms with Gasteiger partial charge in [-0.25, -0.2) is 0 Å². The van der Waals surface area contributed by atoms with Gasteiger partial charge in [-0.05, 0) is 67.8 Å². The zero-order chi connectivity index (χ0) is 19.0. The van der Waals surface area contributed by atoms with E-state index in [1.54, 1.807) is 17.0 Å². The quantitative estimate of drug-likeness (QED) is 0.755. The summed E-state index contributed by atoms with van der Waals surface area (Å²) in [7, 11) is 0. The summed E-state index contributed by atoms with van der Waals surface area (Å²) in [6.07, 6.45) is 2.24. The van der Waals surface area contributed by atoms with Crippen molar-refractivity contribution in [3.8, 4) is 0 Å². The molecule has 2 heterocycles. The minimum absolute atomic E-state index is 0.131. The van der Waals surface area contributed by atoms with Crippen molar-refractivity contribution in [1.29, 1.82) is 0 Å². The number of benzene rings is 2. The Morgan fingerprint density at radius 1 is 1.07 bits per heavy atom. The van der Waals surface area contributed by atoms with Gasteiger partial charge in [0.2, 0.25) is 0 Å². The van der Waals surface area contributed by atoms with Crippen LogP contribution < -0.4 is 10.2 Å². The van der Waals surface area contributed by atoms with Gasteiger partial charge in [0.1, 0.15) is 0 Å². The second-order valence-electron chi connectivity index (χ2n) is 6.80. The summed E-state index contributed by atoms with van der Waals surface area (Å²) in [5.41, 5.74) is 5.36. The van der Waals surface area contributed by atoms with Crippen LogP contribution in [-0.4, -0.2) is 18.4 Å². The average molecular weight is 360 g/mol. The fraction of sp³-hybridized carbons (Fsp3) is 0.182. The van der Waals surface area contributed by atoms with E-state index in [1.807, 2.05) is 50.2 Å². The highest BCUT2D eigenvalue weighted by molar-refractivity contribution is 6.07. The standard InChI is InChI=1S/C22H20N2O3/c1-14-5-7-18(15(2)12-14)21(25)23-17-6-8-19-16(13-17)9-10-24(19)22(26)20-4-3-11-27-20/h3-8,11-13H,9-10H2,1-2H3,(H,23,25). The molecule has 0 saturated heterocycles. The Morgan fingerprint density at radius 2 is 1.93 bits per heavy atom. The van der Waals surface area contributed by atoms with Gasteiger partial charge in [-0.15, -0.1) is 0 Å². The molecule has 136 valence electrons. The van der Waals surface area contributed by atoms with Crippen molar-refractivity contribution in [2.45, 2.75) is 20.3 Å². The van der Waals surface area contributed by atoms with Gasteiger partial charge in [0.25, 0.3) is 11.8 Å². The van der Waals surface area contributed by atoms with Crippen molar-refractivity contribution < 1.29 is 14.0 Å². The minimum Gasteiger partial charge on any atom is -0.459 e. The van der Waals surface area contributed by atoms with Gasteiger partial charge in [0, 0.05) is 23.5 Å². The van der Waals surface area contributed by atoms with E-state index in [2.05, 4.69) is 5.32 Å². The zero-order valence-electron chi connectivity index (χ0n) is 15.3. The molecule has 0 unspecified atom stereocenters. The van der Waals surface area contributed by atoms with Crippen LogP contribution in [0.5, 0.6) is 0 Å². The first-order valence-corrected chi connectivity index (χ1v) is 8.90. The van der Waals surface area contributed by atoms with Crippen molar-refractivity contribution in [2.24, 2.45) is 0 Å². The number of carbonyl (C=O) groups is 2. The molecule has 0 bridgehead atoms. The number of hydrogen-bond acceptors (Lipinski definition) is 3. The highest BCUT2D eigenvalue weighted by atomic mass is 16.3. The average Bonchev–Trinajstić information content (AvgIpc) is 3.30. The van der Waals surface area contributed by atoms with Crippen LogP contribution in [0.1, 0.15) is 37.6 Å². The number of nitrogens with one attached hydrogen (secondary N) is 1. The van der Waals surface area contributed by atoms with Gasteiger partial charge >= 0.3 is 0 Å². The molecule has 1 aromatic heterocycles. The Labute approximate surface area is 157 Å². The number of carbonyl (C=O) groups excluding carboxylic acids is 2. The summed E-state index contributed by atoms with van der Waals surface area (Å²) in [6, 6.07) is 14.8. The van der Waals surface area contributed by atoms with E-state index in [4.69, 9.17) is 4.42 Å². The number of amides is 2. The van der Waals surface area contributed by atoms with Crippen molar-refractivity contribution in [2.75, 3.05) is 16.8 Å². The first-order valence-electron chi connectivity index (χ1n) is 8.90. The fourth-order valence-corrected chi connectivity index (χ4v) is 3.49. The number of rotatable bonds is 3. The van der Waals surface area contributed by atoms with Gasteiger partial charge < -0.3 is 14.6 Å². The van der Waals surface area contributed by atoms with Crippen LogP contribution in [-0.2, 0) is 6.42 Å². The molecule has 0 saturated carbocycles. The highest BCUT2D eigenvalue weighted by Crippen LogP contribution is 2.32. The van der Waals surface area contributed by atoms with E-state index in [1.165, 1.54) is 6.26 Å². The highest BCUT2D eigenvalue weighted by Gasteiger charge is 2.27. The second-order valence-corrected chi connectivity index (χ2v) is 6.80. The van der Waals surface area contributed by atoms with Gasteiger partial charge in [-0.3, -0.25) is 9.59 Å². The number of furan rings is 1. The van der Waals surface area contributed by atoms with Gasteiger partial charge in [0.05, 0.1) is 6.26 Å². The van der Waals surface area contributed by atoms with Crippen LogP contribution in [0.4, 0.5) is 11.4 Å². The summed E-state index contributed by atoms with van der Waals surface area (Å²) in [5.74, 6) is 0.0508. The molecule has 5 nitrogen and oxygen atoms in total. The van der Waals surface area contributed by atoms with E-state index in [0.717, 1.165) is 34.5 Å². The summed E-state index contributed by atoms with van der Waals surface area (Å²) >= 11 is 0. The molecule has 2 aromatic carbocycles. The summed E-state index contributed by atoms with van der Waals surface area (Å²) in [5, 5.41) is 2.96. The van der Waals surface area contributed by atoms with Crippen molar-refractivity contribution in [3.63, 3.8) is 0 Å². The zero-order valence-corrected chi connectivity index (χ0v) is 15.3. The van der Waals surface area contributed by atoms with Crippen LogP contribution in [0, 0.1) is 13.8 Å². The Morgan fingerprint density at radius 3 is 2.67 bits per heavy atom. The predicted molar refractivity (Wildman–Crippen MR) is 104 cm³/mol. The lowest BCUT2D eigenvalue weighted by molar-refractivity contribution is 0.0961. The van der Waals surface area contributed by atoms with E-state index in [-0.39, 0.29) is 11.8 Å². The molecular weight excluding hydrogens is 340 g/mol. The molecule has 1 aliphatic rings. The Balaban J connectivity index is 1.54. The minimum atomic E-state index is -0.147. The SMILES string of the molecule is Cc1ccc(C(=O)Nc2ccc3c(c2)CCN3C(=O)c2ccco2)c(C)c1. The maximum Gasteiger partial charge on any atom is 0.293 e. The third-order valence-electron chi connectivity index (χ3n) is 4.84. The fourth-order valence-electron chi connectivity index (χ4n) is 3.49. The molecular formula is C22H20N2O3. The van der Waals surface area contributed by atoms with E-state index in [9.17, 15) is 9.59 Å². The van der Waals surface area contributed by atoms with Crippen LogP contribution in [0.2, 0.25) is 0 Å². The number of aryl methyl sites for hydroxylation is 2. The second kappa shape index (κ2) is 6.76. The lowest BCUT2D eigenvalue weighted by atomic mass is 10.0. The molecule has 4 rings (SSSR count). The third kappa shape index (κ3) is 3.24. The molecule has 0 fully saturated rings. The Hall–Kier alpha value is -3.34. The lowest BCUT2D eigenvalue weighted by Gasteiger charge is -2.16. The van der Waals surface area contributed by atoms with Gasteiger partial charge in [-0.1, -0.05) is 17.7 Å². The van der Waals surface area contributed by atoms with Gasteiger partial charge in [0.15, 0.2) is 5.76 Å². The van der Waals surface area contributed by atoms with Gasteiger partial charge in [-0.2, -0.15) is 0 Å². The molecule has 0 atom stereocenters. The van der Waals surface area contributed by atoms with Crippen LogP contribution in [0.3, 0.4) is 0 Å². The van der Waals surface area contributed by atoms with Crippen molar-refractivity contribution in [1.82, 2.24) is 0 Å². The number of fused-ring (bicyclic) bond motifs is 1. The molecule has 0 aliphatic carbocycles. The summed E-state index contributed by atoms with van der Waals surface area (Å²) < 4.78 is 5.22. The maximum atomic E-state index is 12.6. The molecule has 0 radical (unpaired) electrons. The normalized spacial score (nSPS) is 12.7. The maximum absolute atomic E-state index is 12.6. The van der Waals surface area contributed by atoms with E-state index in [0.29, 0.717) is 17.9 Å². The Kier molecular flexibility index (Phi) is 4.28. The smallest absolute Gasteiger partial charge is 0.293 e. The first kappa shape index (κ1) is 17.1. The van der Waals surface area contributed by atoms with Crippen LogP contribution in [0.25, 0.3) is 0 Å². The summed E-state index contributed by atoms with van der Waals surface area (Å²) in [6.45, 7) is 4.54. The number of nitrogens with zero attached hydrogens (tertiary/aromatic N) is 1. The molecule has 1 N–H and O–H groups in total. The number of anilines is 2. The third-order valence-corrected chi connectivity index (χ3v) is 4.84. The largest absolute Gasteiger partial charge is 0.459 e. The van der Waals surface area contributed by atoms with Crippen LogP contribution >= 0.6 is 0 Å². The molecule has 27 heavy (non-hydrogen) atoms. The van der Waals surface area contributed by atoms with Crippen molar-refractivity contribution >= 4 is 23.2 Å². The van der Waals surface area contributed by atoms with Crippen molar-refractivity contribution in [3.05, 3.63) is 82.8 Å². The molecule has 0 spiro atoms. The topological polar surface area (TPSA) is 62.6 Å². The van der Waals surface area contributed by atoms with E-state index >= 15 is 0 Å². The summed E-state index contributed by atoms with van der Waals surface area (Å²) in [4.78, 5) is 26.8. The molecule has 1 aliphatic heterocycles. The number of hydrogen-bond donors (Lipinski definition) is 1. The van der Waals surface area contributed by atoms with E-state index < -0.39 is 0 Å². The monoisotopic (exact) mass is 360 g/mol. The lowest BCUT2D eigenvalue weighted by Crippen LogP contribution is -2.28. The predicted octanol–water partition coefficient (Wildman–Crippen LogP) is 4.35. The molecule has 2 amide bonds.